The van der Waals surface area contributed by atoms with E-state index < -0.39 is 0 Å². The van der Waals surface area contributed by atoms with Crippen molar-refractivity contribution in [2.45, 2.75) is 44.8 Å². The summed E-state index contributed by atoms with van der Waals surface area (Å²) < 4.78 is 5.77. The van der Waals surface area contributed by atoms with Crippen molar-refractivity contribution in [2.75, 3.05) is 19.7 Å². The summed E-state index contributed by atoms with van der Waals surface area (Å²) in [5.74, 6) is 0.0691. The number of benzene rings is 1. The molecular weight excluding hydrogens is 264 g/mol. The van der Waals surface area contributed by atoms with Gasteiger partial charge >= 0.3 is 0 Å². The zero-order valence-corrected chi connectivity index (χ0v) is 12.8. The molecule has 21 heavy (non-hydrogen) atoms. The van der Waals surface area contributed by atoms with Gasteiger partial charge in [0.1, 0.15) is 0 Å². The van der Waals surface area contributed by atoms with Crippen LogP contribution in [0.2, 0.25) is 0 Å². The molecule has 0 radical (unpaired) electrons. The smallest absolute Gasteiger partial charge is 0.222 e. The lowest BCUT2D eigenvalue weighted by molar-refractivity contribution is -0.123. The molecule has 1 fully saturated rings. The molecule has 116 valence electrons. The van der Waals surface area contributed by atoms with Crippen LogP contribution in [0.3, 0.4) is 0 Å². The maximum absolute atomic E-state index is 12.0. The third-order valence-corrected chi connectivity index (χ3v) is 3.91. The predicted octanol–water partition coefficient (Wildman–Crippen LogP) is 2.41. The zero-order valence-electron chi connectivity index (χ0n) is 12.8. The average Bonchev–Trinajstić information content (AvgIpc) is 2.54. The van der Waals surface area contributed by atoms with Crippen molar-refractivity contribution in [2.24, 2.45) is 0 Å². The number of carbonyl (C=O) groups excluding carboxylic acids is 1. The van der Waals surface area contributed by atoms with Crippen LogP contribution in [0, 0.1) is 0 Å². The molecule has 1 heterocycles. The number of amides is 1. The first kappa shape index (κ1) is 16.0. The molecule has 0 aromatic heterocycles. The predicted molar refractivity (Wildman–Crippen MR) is 84.1 cm³/mol. The maximum atomic E-state index is 12.0. The van der Waals surface area contributed by atoms with E-state index in [0.717, 1.165) is 37.9 Å². The molecule has 1 saturated heterocycles. The molecule has 1 atom stereocenters. The molecule has 0 spiro atoms. The van der Waals surface area contributed by atoms with Crippen LogP contribution in [0.1, 0.15) is 44.2 Å². The number of carbonyl (C=O) groups is 1. The number of hydrogen-bond donors (Lipinski definition) is 2. The fourth-order valence-corrected chi connectivity index (χ4v) is 2.65. The highest BCUT2D eigenvalue weighted by molar-refractivity contribution is 5.76. The van der Waals surface area contributed by atoms with Crippen LogP contribution >= 0.6 is 0 Å². The van der Waals surface area contributed by atoms with E-state index in [4.69, 9.17) is 4.74 Å². The van der Waals surface area contributed by atoms with E-state index in [2.05, 4.69) is 29.7 Å². The lowest BCUT2D eigenvalue weighted by atomic mass is 10.0. The minimum Gasteiger partial charge on any atom is -0.378 e. The highest BCUT2D eigenvalue weighted by Crippen LogP contribution is 2.16. The number of ether oxygens (including phenoxy) is 1. The quantitative estimate of drug-likeness (QED) is 0.811. The van der Waals surface area contributed by atoms with Gasteiger partial charge in [0.15, 0.2) is 0 Å². The standard InChI is InChI=1S/C17H26N2O2/c1-2-16(14-6-4-3-5-7-14)19-17(20)10-13-21-15-8-11-18-12-9-15/h3-7,15-16,18H,2,8-13H2,1H3,(H,19,20). The van der Waals surface area contributed by atoms with E-state index >= 15 is 0 Å². The number of hydrogen-bond acceptors (Lipinski definition) is 3. The Labute approximate surface area is 127 Å². The highest BCUT2D eigenvalue weighted by atomic mass is 16.5. The Morgan fingerprint density at radius 2 is 2.05 bits per heavy atom. The van der Waals surface area contributed by atoms with Crippen molar-refractivity contribution in [3.8, 4) is 0 Å². The average molecular weight is 290 g/mol. The van der Waals surface area contributed by atoms with E-state index in [1.54, 1.807) is 0 Å². The van der Waals surface area contributed by atoms with Gasteiger partial charge in [-0.2, -0.15) is 0 Å². The minimum atomic E-state index is 0.0691. The summed E-state index contributed by atoms with van der Waals surface area (Å²) in [7, 11) is 0. The molecule has 1 amide bonds. The maximum Gasteiger partial charge on any atom is 0.222 e. The van der Waals surface area contributed by atoms with Crippen LogP contribution in [-0.4, -0.2) is 31.7 Å². The number of piperidine rings is 1. The Morgan fingerprint density at radius 1 is 1.33 bits per heavy atom. The van der Waals surface area contributed by atoms with Gasteiger partial charge in [0.25, 0.3) is 0 Å². The molecule has 2 N–H and O–H groups in total. The molecule has 1 aromatic carbocycles. The van der Waals surface area contributed by atoms with Gasteiger partial charge in [0.05, 0.1) is 18.8 Å². The largest absolute Gasteiger partial charge is 0.378 e. The van der Waals surface area contributed by atoms with Crippen LogP contribution in [0.5, 0.6) is 0 Å². The number of nitrogens with one attached hydrogen (secondary N) is 2. The molecule has 0 bridgehead atoms. The Balaban J connectivity index is 1.70. The second-order valence-corrected chi connectivity index (χ2v) is 5.51. The van der Waals surface area contributed by atoms with E-state index in [-0.39, 0.29) is 11.9 Å². The third kappa shape index (κ3) is 5.48. The first-order chi connectivity index (χ1) is 10.3. The molecule has 0 saturated carbocycles. The molecule has 1 aromatic rings. The van der Waals surface area contributed by atoms with Crippen molar-refractivity contribution in [1.29, 1.82) is 0 Å². The van der Waals surface area contributed by atoms with E-state index in [9.17, 15) is 4.79 Å². The normalized spacial score (nSPS) is 17.4. The van der Waals surface area contributed by atoms with Crippen molar-refractivity contribution in [3.05, 3.63) is 35.9 Å². The van der Waals surface area contributed by atoms with Crippen LogP contribution in [0.25, 0.3) is 0 Å². The Kier molecular flexibility index (Phi) is 6.70. The number of rotatable bonds is 7. The third-order valence-electron chi connectivity index (χ3n) is 3.91. The Hall–Kier alpha value is -1.39. The van der Waals surface area contributed by atoms with Crippen LogP contribution in [-0.2, 0) is 9.53 Å². The first-order valence-electron chi connectivity index (χ1n) is 7.96. The van der Waals surface area contributed by atoms with Gasteiger partial charge in [-0.1, -0.05) is 37.3 Å². The monoisotopic (exact) mass is 290 g/mol. The summed E-state index contributed by atoms with van der Waals surface area (Å²) in [4.78, 5) is 12.0. The van der Waals surface area contributed by atoms with Crippen LogP contribution < -0.4 is 10.6 Å². The molecule has 0 aliphatic carbocycles. The summed E-state index contributed by atoms with van der Waals surface area (Å²) in [5.41, 5.74) is 1.16. The summed E-state index contributed by atoms with van der Waals surface area (Å²) in [6, 6.07) is 10.2. The first-order valence-corrected chi connectivity index (χ1v) is 7.96. The lowest BCUT2D eigenvalue weighted by Gasteiger charge is -2.23. The second kappa shape index (κ2) is 8.80. The van der Waals surface area contributed by atoms with Crippen molar-refractivity contribution >= 4 is 5.91 Å². The van der Waals surface area contributed by atoms with Gasteiger partial charge in [-0.05, 0) is 37.9 Å². The highest BCUT2D eigenvalue weighted by Gasteiger charge is 2.15. The van der Waals surface area contributed by atoms with Gasteiger partial charge in [-0.3, -0.25) is 4.79 Å². The van der Waals surface area contributed by atoms with Crippen molar-refractivity contribution in [3.63, 3.8) is 0 Å². The fraction of sp³-hybridized carbons (Fsp3) is 0.588. The van der Waals surface area contributed by atoms with Gasteiger partial charge in [-0.15, -0.1) is 0 Å². The summed E-state index contributed by atoms with van der Waals surface area (Å²) >= 11 is 0. The molecule has 2 rings (SSSR count). The van der Waals surface area contributed by atoms with Crippen molar-refractivity contribution < 1.29 is 9.53 Å². The van der Waals surface area contributed by atoms with E-state index in [0.29, 0.717) is 19.1 Å². The van der Waals surface area contributed by atoms with Gasteiger partial charge in [0.2, 0.25) is 5.91 Å². The Bertz CT molecular complexity index is 416. The molecular formula is C17H26N2O2. The fourth-order valence-electron chi connectivity index (χ4n) is 2.65. The summed E-state index contributed by atoms with van der Waals surface area (Å²) in [6.07, 6.45) is 3.74. The summed E-state index contributed by atoms with van der Waals surface area (Å²) in [6.45, 7) is 4.64. The minimum absolute atomic E-state index is 0.0691. The molecule has 4 nitrogen and oxygen atoms in total. The second-order valence-electron chi connectivity index (χ2n) is 5.51. The topological polar surface area (TPSA) is 50.4 Å². The van der Waals surface area contributed by atoms with E-state index in [1.165, 1.54) is 0 Å². The molecule has 1 unspecified atom stereocenters. The Morgan fingerprint density at radius 3 is 2.71 bits per heavy atom. The van der Waals surface area contributed by atoms with E-state index in [1.807, 2.05) is 18.2 Å². The van der Waals surface area contributed by atoms with Gasteiger partial charge < -0.3 is 15.4 Å². The molecule has 1 aliphatic rings. The SMILES string of the molecule is CCC(NC(=O)CCOC1CCNCC1)c1ccccc1. The summed E-state index contributed by atoms with van der Waals surface area (Å²) in [5, 5.41) is 6.40. The molecule has 4 heteroatoms. The zero-order chi connectivity index (χ0) is 14.9. The van der Waals surface area contributed by atoms with Gasteiger partial charge in [0, 0.05) is 6.42 Å². The lowest BCUT2D eigenvalue weighted by Crippen LogP contribution is -2.34. The van der Waals surface area contributed by atoms with Crippen LogP contribution in [0.4, 0.5) is 0 Å². The van der Waals surface area contributed by atoms with Gasteiger partial charge in [-0.25, -0.2) is 0 Å². The molecule has 1 aliphatic heterocycles. The van der Waals surface area contributed by atoms with Crippen molar-refractivity contribution in [1.82, 2.24) is 10.6 Å². The van der Waals surface area contributed by atoms with Crippen LogP contribution in [0.15, 0.2) is 30.3 Å².